The van der Waals surface area contributed by atoms with Crippen LogP contribution in [-0.4, -0.2) is 56.9 Å². The number of aromatic nitrogens is 2. The summed E-state index contributed by atoms with van der Waals surface area (Å²) in [6.07, 6.45) is 2.11. The minimum atomic E-state index is -3.90. The first-order valence-electron chi connectivity index (χ1n) is 23.3. The molecule has 2 aromatic carbocycles. The molecule has 2 heterocycles. The molecular weight excluding hydrogens is 997 g/mol. The van der Waals surface area contributed by atoms with Crippen LogP contribution in [0.5, 0.6) is 5.75 Å². The lowest BCUT2D eigenvalue weighted by molar-refractivity contribution is -0.116. The number of hydrogen-bond donors (Lipinski definition) is 3. The van der Waals surface area contributed by atoms with Crippen LogP contribution >= 0.6 is 22.7 Å². The maximum Gasteiger partial charge on any atom is 0.292 e. The molecule has 0 saturated heterocycles. The Bertz CT molecular complexity index is 2820. The molecule has 0 aliphatic rings. The molecule has 0 spiro atoms. The third kappa shape index (κ3) is 17.1. The molecule has 71 heavy (non-hydrogen) atoms. The normalized spacial score (nSPS) is 12.5. The number of aryl methyl sites for hydroxylation is 1. The van der Waals surface area contributed by atoms with Crippen molar-refractivity contribution < 1.29 is 41.0 Å². The first-order valence-corrected chi connectivity index (χ1v) is 31.1. The number of benzene rings is 2. The van der Waals surface area contributed by atoms with Crippen molar-refractivity contribution in [2.45, 2.75) is 192 Å². The van der Waals surface area contributed by atoms with E-state index in [1.165, 1.54) is 0 Å². The molecule has 15 nitrogen and oxygen atoms in total. The summed E-state index contributed by atoms with van der Waals surface area (Å²) in [5.74, 6) is 0.178. The van der Waals surface area contributed by atoms with Gasteiger partial charge in [-0.1, -0.05) is 83.1 Å². The van der Waals surface area contributed by atoms with Gasteiger partial charge < -0.3 is 19.4 Å². The molecule has 0 aliphatic carbocycles. The molecule has 4 N–H and O–H groups in total. The van der Waals surface area contributed by atoms with Gasteiger partial charge in [-0.2, -0.15) is 10.5 Å². The Morgan fingerprint density at radius 2 is 1.11 bits per heavy atom. The largest absolute Gasteiger partial charge is 0.411 e. The average Bonchev–Trinajstić information content (AvgIpc) is 3.90. The number of ether oxygens (including phenoxy) is 1. The standard InChI is InChI=1S/C24H32N2O4S2.C14H16N2O.C13H26N2O4S2Si/c1-8-21-22(31-23(26-21)24(6,7)28)32(29,30)13-17(27)11-20-18(14(2)3)9-16(12-25)10-19(20)15(4)5;1-9(2)12-5-11(7-15)6-13(10(3)4)14(12)17-8-16;1-12(2,3)22(6,7)19-8-9-10(21(14,17)18)20-11(15-9)13(4,5)16/h9-10,14-15,28H,8,11,13H2,1-7H3;5-6,9-10H,1-4H3;16H,8H2,1-7H3,(H2,14,17,18). The smallest absolute Gasteiger partial charge is 0.292 e. The second-order valence-electron chi connectivity index (χ2n) is 21.2. The fourth-order valence-electron chi connectivity index (χ4n) is 6.75. The summed E-state index contributed by atoms with van der Waals surface area (Å²) in [7, 11) is -9.83. The first kappa shape index (κ1) is 62.7. The minimum Gasteiger partial charge on any atom is -0.411 e. The lowest BCUT2D eigenvalue weighted by Crippen LogP contribution is -2.40. The van der Waals surface area contributed by atoms with Crippen molar-refractivity contribution in [2.24, 2.45) is 5.14 Å². The predicted octanol–water partition coefficient (Wildman–Crippen LogP) is 10.8. The van der Waals surface area contributed by atoms with Gasteiger partial charge in [0.2, 0.25) is 10.0 Å². The molecule has 0 radical (unpaired) electrons. The Morgan fingerprint density at radius 1 is 0.718 bits per heavy atom. The van der Waals surface area contributed by atoms with Gasteiger partial charge in [0, 0.05) is 17.5 Å². The first-order chi connectivity index (χ1) is 32.3. The van der Waals surface area contributed by atoms with E-state index in [0.29, 0.717) is 39.0 Å². The van der Waals surface area contributed by atoms with Crippen LogP contribution in [0.15, 0.2) is 32.7 Å². The van der Waals surface area contributed by atoms with Gasteiger partial charge in [-0.15, -0.1) is 27.9 Å². The molecular formula is C51H74N6O9S4Si. The highest BCUT2D eigenvalue weighted by atomic mass is 32.2. The minimum absolute atomic E-state index is 0.00382. The van der Waals surface area contributed by atoms with Crippen LogP contribution in [-0.2, 0) is 59.7 Å². The van der Waals surface area contributed by atoms with Gasteiger partial charge in [-0.3, -0.25) is 4.79 Å². The van der Waals surface area contributed by atoms with E-state index in [0.717, 1.165) is 50.5 Å². The number of sulfone groups is 1. The molecule has 4 aromatic rings. The highest BCUT2D eigenvalue weighted by Crippen LogP contribution is 2.39. The summed E-state index contributed by atoms with van der Waals surface area (Å²) in [5.41, 5.74) is 3.76. The van der Waals surface area contributed by atoms with Crippen LogP contribution in [0.1, 0.15) is 195 Å². The van der Waals surface area contributed by atoms with Crippen molar-refractivity contribution >= 4 is 56.6 Å². The molecule has 4 rings (SSSR count). The molecule has 0 saturated carbocycles. The van der Waals surface area contributed by atoms with Crippen molar-refractivity contribution in [3.05, 3.63) is 84.6 Å². The molecule has 390 valence electrons. The summed E-state index contributed by atoms with van der Waals surface area (Å²) < 4.78 is 60.8. The fraction of sp³-hybridized carbons (Fsp3) is 0.569. The van der Waals surface area contributed by atoms with Crippen LogP contribution in [0, 0.1) is 34.2 Å². The number of carbonyl (C=O) groups excluding carboxylic acids is 1. The maximum atomic E-state index is 13.1. The van der Waals surface area contributed by atoms with Crippen LogP contribution in [0.3, 0.4) is 0 Å². The maximum absolute atomic E-state index is 13.1. The number of ketones is 1. The van der Waals surface area contributed by atoms with E-state index in [9.17, 15) is 37.1 Å². The van der Waals surface area contributed by atoms with E-state index in [2.05, 4.69) is 56.0 Å². The lowest BCUT2D eigenvalue weighted by atomic mass is 9.85. The van der Waals surface area contributed by atoms with Crippen molar-refractivity contribution in [3.63, 3.8) is 0 Å². The molecule has 20 heteroatoms. The van der Waals surface area contributed by atoms with Crippen LogP contribution in [0.4, 0.5) is 0 Å². The van der Waals surface area contributed by atoms with Gasteiger partial charge in [-0.05, 0) is 117 Å². The number of thiazole rings is 2. The molecule has 0 bridgehead atoms. The summed E-state index contributed by atoms with van der Waals surface area (Å²) in [6.45, 7) is 34.6. The van der Waals surface area contributed by atoms with Crippen molar-refractivity contribution in [1.29, 1.82) is 15.8 Å². The number of nitrogens with two attached hydrogens (primary N) is 1. The fourth-order valence-corrected chi connectivity index (χ4v) is 12.6. The number of carbonyl (C=O) groups is 1. The van der Waals surface area contributed by atoms with Crippen molar-refractivity contribution in [3.8, 4) is 24.1 Å². The Labute approximate surface area is 432 Å². The number of nitriles is 3. The second kappa shape index (κ2) is 24.5. The summed E-state index contributed by atoms with van der Waals surface area (Å²) in [6, 6.07) is 11.5. The number of rotatable bonds is 17. The van der Waals surface area contributed by atoms with Gasteiger partial charge in [0.25, 0.3) is 6.26 Å². The van der Waals surface area contributed by atoms with Gasteiger partial charge in [-0.25, -0.2) is 31.9 Å². The Hall–Kier alpha value is -4.40. The van der Waals surface area contributed by atoms with Crippen LogP contribution in [0.2, 0.25) is 18.1 Å². The van der Waals surface area contributed by atoms with E-state index in [1.54, 1.807) is 65.1 Å². The number of aliphatic hydroxyl groups is 2. The average molecular weight is 1070 g/mol. The van der Waals surface area contributed by atoms with Crippen molar-refractivity contribution in [2.75, 3.05) is 5.75 Å². The van der Waals surface area contributed by atoms with E-state index < -0.39 is 50.9 Å². The molecule has 0 fully saturated rings. The van der Waals surface area contributed by atoms with Gasteiger partial charge in [0.1, 0.15) is 36.9 Å². The van der Waals surface area contributed by atoms with E-state index in [1.807, 2.05) is 55.4 Å². The molecule has 0 atom stereocenters. The summed E-state index contributed by atoms with van der Waals surface area (Å²) >= 11 is 1.82. The van der Waals surface area contributed by atoms with E-state index >= 15 is 0 Å². The third-order valence-corrected chi connectivity index (χ3v) is 22.8. The number of primary sulfonamides is 1. The van der Waals surface area contributed by atoms with Gasteiger partial charge >= 0.3 is 0 Å². The zero-order valence-electron chi connectivity index (χ0n) is 44.6. The number of hydrogen-bond acceptors (Lipinski definition) is 16. The monoisotopic (exact) mass is 1070 g/mol. The molecule has 0 amide bonds. The second-order valence-corrected chi connectivity index (χ2v) is 31.9. The van der Waals surface area contributed by atoms with Crippen LogP contribution < -0.4 is 9.88 Å². The summed E-state index contributed by atoms with van der Waals surface area (Å²) in [5, 5.41) is 53.3. The molecule has 2 aromatic heterocycles. The highest BCUT2D eigenvalue weighted by Gasteiger charge is 2.38. The van der Waals surface area contributed by atoms with E-state index in [-0.39, 0.29) is 55.8 Å². The van der Waals surface area contributed by atoms with Crippen molar-refractivity contribution in [1.82, 2.24) is 9.97 Å². The Morgan fingerprint density at radius 3 is 1.45 bits per heavy atom. The Kier molecular flexibility index (Phi) is 21.7. The lowest BCUT2D eigenvalue weighted by Gasteiger charge is -2.35. The highest BCUT2D eigenvalue weighted by molar-refractivity contribution is 7.94. The summed E-state index contributed by atoms with van der Waals surface area (Å²) in [4.78, 5) is 21.5. The number of Topliss-reactive ketones (excluding diaryl/α,β-unsaturated/α-hetero) is 1. The topological polar surface area (TPSA) is 267 Å². The van der Waals surface area contributed by atoms with Crippen LogP contribution in [0.25, 0.3) is 0 Å². The SMILES string of the molecule is CC(C)(O)c1nc(CO[Si](C)(C)C(C)(C)C)c(S(N)(=O)=O)s1.CC(C)c1cc(C#N)cc(C(C)C)c1OC#N.CCc1nc(C(C)(C)O)sc1S(=O)(=O)CC(=O)Cc1c(C(C)C)cc(C#N)cc1C(C)C. The number of sulfonamides is 1. The number of nitrogens with zero attached hydrogens (tertiary/aromatic N) is 5. The zero-order chi connectivity index (χ0) is 55.0. The van der Waals surface area contributed by atoms with Gasteiger partial charge in [0.05, 0.1) is 41.3 Å². The Balaban J connectivity index is 0.000000386. The molecule has 0 unspecified atom stereocenters. The zero-order valence-corrected chi connectivity index (χ0v) is 48.9. The predicted molar refractivity (Wildman–Crippen MR) is 283 cm³/mol. The van der Waals surface area contributed by atoms with Gasteiger partial charge in [0.15, 0.2) is 28.1 Å². The quantitative estimate of drug-likeness (QED) is 0.0656. The third-order valence-electron chi connectivity index (χ3n) is 11.7. The molecule has 0 aliphatic heterocycles. The van der Waals surface area contributed by atoms with E-state index in [4.69, 9.17) is 24.8 Å².